The zero-order valence-electron chi connectivity index (χ0n) is 13.3. The lowest BCUT2D eigenvalue weighted by Gasteiger charge is -2.16. The SMILES string of the molecule is Cc1cc(C)cc(OCCC(C(=O)O)c2ccccc2C)c1. The van der Waals surface area contributed by atoms with Gasteiger partial charge in [0.25, 0.3) is 0 Å². The van der Waals surface area contributed by atoms with Crippen LogP contribution >= 0.6 is 0 Å². The maximum Gasteiger partial charge on any atom is 0.311 e. The minimum atomic E-state index is -0.807. The molecule has 0 bridgehead atoms. The average Bonchev–Trinajstić information content (AvgIpc) is 2.43. The lowest BCUT2D eigenvalue weighted by Crippen LogP contribution is -2.16. The molecule has 0 spiro atoms. The van der Waals surface area contributed by atoms with Gasteiger partial charge in [-0.05, 0) is 61.6 Å². The number of benzene rings is 2. The van der Waals surface area contributed by atoms with Crippen molar-refractivity contribution in [2.24, 2.45) is 0 Å². The summed E-state index contributed by atoms with van der Waals surface area (Å²) in [6, 6.07) is 13.6. The highest BCUT2D eigenvalue weighted by atomic mass is 16.5. The molecule has 0 aliphatic rings. The van der Waals surface area contributed by atoms with E-state index < -0.39 is 11.9 Å². The van der Waals surface area contributed by atoms with Crippen molar-refractivity contribution in [3.8, 4) is 5.75 Å². The number of hydrogen-bond acceptors (Lipinski definition) is 2. The van der Waals surface area contributed by atoms with E-state index in [1.54, 1.807) is 0 Å². The smallest absolute Gasteiger partial charge is 0.311 e. The molecule has 22 heavy (non-hydrogen) atoms. The molecule has 2 aromatic carbocycles. The highest BCUT2D eigenvalue weighted by Crippen LogP contribution is 2.24. The van der Waals surface area contributed by atoms with E-state index >= 15 is 0 Å². The van der Waals surface area contributed by atoms with Gasteiger partial charge in [0.2, 0.25) is 0 Å². The second-order valence-electron chi connectivity index (χ2n) is 5.71. The van der Waals surface area contributed by atoms with Gasteiger partial charge in [-0.15, -0.1) is 0 Å². The van der Waals surface area contributed by atoms with Gasteiger partial charge in [-0.1, -0.05) is 30.3 Å². The molecule has 0 aliphatic carbocycles. The molecule has 3 heteroatoms. The van der Waals surface area contributed by atoms with Gasteiger partial charge in [-0.2, -0.15) is 0 Å². The highest BCUT2D eigenvalue weighted by Gasteiger charge is 2.21. The van der Waals surface area contributed by atoms with Gasteiger partial charge in [0.05, 0.1) is 12.5 Å². The van der Waals surface area contributed by atoms with Crippen LogP contribution in [0.5, 0.6) is 5.75 Å². The minimum Gasteiger partial charge on any atom is -0.494 e. The summed E-state index contributed by atoms with van der Waals surface area (Å²) in [5.74, 6) is -0.545. The van der Waals surface area contributed by atoms with Crippen molar-refractivity contribution in [2.75, 3.05) is 6.61 Å². The lowest BCUT2D eigenvalue weighted by atomic mass is 9.92. The van der Waals surface area contributed by atoms with Crippen LogP contribution in [0.3, 0.4) is 0 Å². The first-order valence-electron chi connectivity index (χ1n) is 7.47. The molecule has 1 N–H and O–H groups in total. The molecule has 0 aromatic heterocycles. The minimum absolute atomic E-state index is 0.383. The summed E-state index contributed by atoms with van der Waals surface area (Å²) in [4.78, 5) is 11.5. The quantitative estimate of drug-likeness (QED) is 0.867. The topological polar surface area (TPSA) is 46.5 Å². The molecule has 0 fully saturated rings. The number of aryl methyl sites for hydroxylation is 3. The van der Waals surface area contributed by atoms with Crippen molar-refractivity contribution in [3.05, 3.63) is 64.7 Å². The first-order valence-corrected chi connectivity index (χ1v) is 7.47. The Balaban J connectivity index is 2.04. The predicted molar refractivity (Wildman–Crippen MR) is 87.6 cm³/mol. The fraction of sp³-hybridized carbons (Fsp3) is 0.316. The molecule has 0 aliphatic heterocycles. The van der Waals surface area contributed by atoms with E-state index in [0.29, 0.717) is 13.0 Å². The van der Waals surface area contributed by atoms with Crippen LogP contribution in [0, 0.1) is 20.8 Å². The Hall–Kier alpha value is -2.29. The summed E-state index contributed by atoms with van der Waals surface area (Å²) < 4.78 is 5.75. The Morgan fingerprint density at radius 3 is 2.32 bits per heavy atom. The monoisotopic (exact) mass is 298 g/mol. The lowest BCUT2D eigenvalue weighted by molar-refractivity contribution is -0.139. The second kappa shape index (κ2) is 7.12. The molecule has 0 heterocycles. The third-order valence-electron chi connectivity index (χ3n) is 3.73. The number of hydrogen-bond donors (Lipinski definition) is 1. The van der Waals surface area contributed by atoms with E-state index in [1.165, 1.54) is 0 Å². The molecule has 2 aromatic rings. The van der Waals surface area contributed by atoms with Crippen molar-refractivity contribution >= 4 is 5.97 Å². The van der Waals surface area contributed by atoms with Crippen LogP contribution in [0.25, 0.3) is 0 Å². The van der Waals surface area contributed by atoms with Crippen molar-refractivity contribution in [3.63, 3.8) is 0 Å². The molecular weight excluding hydrogens is 276 g/mol. The summed E-state index contributed by atoms with van der Waals surface area (Å²) in [6.45, 7) is 6.37. The summed E-state index contributed by atoms with van der Waals surface area (Å²) >= 11 is 0. The van der Waals surface area contributed by atoms with Gasteiger partial charge < -0.3 is 9.84 Å². The summed E-state index contributed by atoms with van der Waals surface area (Å²) in [7, 11) is 0. The Kier molecular flexibility index (Phi) is 5.21. The molecule has 3 nitrogen and oxygen atoms in total. The van der Waals surface area contributed by atoms with Gasteiger partial charge in [0.1, 0.15) is 5.75 Å². The Morgan fingerprint density at radius 1 is 1.09 bits per heavy atom. The number of carboxylic acid groups (broad SMARTS) is 1. The fourth-order valence-corrected chi connectivity index (χ4v) is 2.70. The maximum atomic E-state index is 11.5. The van der Waals surface area contributed by atoms with Crippen LogP contribution in [0.1, 0.15) is 34.6 Å². The molecular formula is C19H22O3. The zero-order valence-corrected chi connectivity index (χ0v) is 13.3. The van der Waals surface area contributed by atoms with E-state index in [0.717, 1.165) is 28.0 Å². The molecule has 1 atom stereocenters. The number of ether oxygens (including phenoxy) is 1. The fourth-order valence-electron chi connectivity index (χ4n) is 2.70. The summed E-state index contributed by atoms with van der Waals surface area (Å²) in [5, 5.41) is 9.48. The third kappa shape index (κ3) is 4.10. The van der Waals surface area contributed by atoms with Gasteiger partial charge >= 0.3 is 5.97 Å². The molecule has 116 valence electrons. The highest BCUT2D eigenvalue weighted by molar-refractivity contribution is 5.76. The number of aliphatic carboxylic acids is 1. The summed E-state index contributed by atoms with van der Waals surface area (Å²) in [5.41, 5.74) is 4.15. The summed E-state index contributed by atoms with van der Waals surface area (Å²) in [6.07, 6.45) is 0.452. The van der Waals surface area contributed by atoms with Gasteiger partial charge in [-0.25, -0.2) is 0 Å². The van der Waals surface area contributed by atoms with Crippen molar-refractivity contribution in [2.45, 2.75) is 33.1 Å². The molecule has 0 saturated heterocycles. The molecule has 0 saturated carbocycles. The van der Waals surface area contributed by atoms with Crippen LogP contribution in [-0.2, 0) is 4.79 Å². The van der Waals surface area contributed by atoms with Crippen LogP contribution in [0.2, 0.25) is 0 Å². The molecule has 0 amide bonds. The van der Waals surface area contributed by atoms with Gasteiger partial charge in [0.15, 0.2) is 0 Å². The van der Waals surface area contributed by atoms with Crippen LogP contribution < -0.4 is 4.74 Å². The van der Waals surface area contributed by atoms with Crippen molar-refractivity contribution < 1.29 is 14.6 Å². The predicted octanol–water partition coefficient (Wildman–Crippen LogP) is 4.25. The maximum absolute atomic E-state index is 11.5. The number of carboxylic acids is 1. The van der Waals surface area contributed by atoms with Gasteiger partial charge in [0, 0.05) is 0 Å². The van der Waals surface area contributed by atoms with Crippen LogP contribution in [0.15, 0.2) is 42.5 Å². The van der Waals surface area contributed by atoms with E-state index in [-0.39, 0.29) is 0 Å². The third-order valence-corrected chi connectivity index (χ3v) is 3.73. The van der Waals surface area contributed by atoms with Gasteiger partial charge in [-0.3, -0.25) is 4.79 Å². The first kappa shape index (κ1) is 16.1. The van der Waals surface area contributed by atoms with Crippen molar-refractivity contribution in [1.29, 1.82) is 0 Å². The molecule has 1 unspecified atom stereocenters. The molecule has 2 rings (SSSR count). The Bertz CT molecular complexity index is 641. The Morgan fingerprint density at radius 2 is 1.73 bits per heavy atom. The number of rotatable bonds is 6. The van der Waals surface area contributed by atoms with Crippen molar-refractivity contribution in [1.82, 2.24) is 0 Å². The standard InChI is InChI=1S/C19H22O3/c1-13-10-14(2)12-16(11-13)22-9-8-18(19(20)21)17-7-5-4-6-15(17)3/h4-7,10-12,18H,8-9H2,1-3H3,(H,20,21). The first-order chi connectivity index (χ1) is 10.5. The normalized spacial score (nSPS) is 12.0. The van der Waals surface area contributed by atoms with E-state index in [9.17, 15) is 9.90 Å². The van der Waals surface area contributed by atoms with E-state index in [1.807, 2.05) is 57.2 Å². The largest absolute Gasteiger partial charge is 0.494 e. The zero-order chi connectivity index (χ0) is 16.1. The van der Waals surface area contributed by atoms with Crippen LogP contribution in [-0.4, -0.2) is 17.7 Å². The average molecular weight is 298 g/mol. The Labute approximate surface area is 131 Å². The number of carbonyl (C=O) groups is 1. The second-order valence-corrected chi connectivity index (χ2v) is 5.71. The van der Waals surface area contributed by atoms with E-state index in [2.05, 4.69) is 6.07 Å². The van der Waals surface area contributed by atoms with Crippen LogP contribution in [0.4, 0.5) is 0 Å². The molecule has 0 radical (unpaired) electrons. The van der Waals surface area contributed by atoms with E-state index in [4.69, 9.17) is 4.74 Å².